The summed E-state index contributed by atoms with van der Waals surface area (Å²) in [5.41, 5.74) is 8.25. The molecule has 0 aliphatic carbocycles. The second-order valence-corrected chi connectivity index (χ2v) is 3.51. The maximum Gasteiger partial charge on any atom is 0.123 e. The molecule has 1 aromatic carbocycles. The largest absolute Gasteiger partial charge is 0.496 e. The standard InChI is InChI=1S/C12H17NO/c1-9(2)8-11(13)10-6-4-5-7-12(10)14-3/h4-8,11H,13H2,1-3H3. The summed E-state index contributed by atoms with van der Waals surface area (Å²) in [7, 11) is 1.66. The third kappa shape index (κ3) is 2.60. The molecule has 2 N–H and O–H groups in total. The fourth-order valence-electron chi connectivity index (χ4n) is 1.39. The SMILES string of the molecule is COc1ccccc1C(N)C=C(C)C. The molecule has 0 aromatic heterocycles. The van der Waals surface area contributed by atoms with E-state index in [4.69, 9.17) is 10.5 Å². The topological polar surface area (TPSA) is 35.2 Å². The van der Waals surface area contributed by atoms with Gasteiger partial charge in [0.2, 0.25) is 0 Å². The summed E-state index contributed by atoms with van der Waals surface area (Å²) in [6, 6.07) is 7.74. The van der Waals surface area contributed by atoms with E-state index in [0.717, 1.165) is 11.3 Å². The van der Waals surface area contributed by atoms with Crippen LogP contribution in [0, 0.1) is 0 Å². The van der Waals surface area contributed by atoms with Gasteiger partial charge >= 0.3 is 0 Å². The molecular weight excluding hydrogens is 174 g/mol. The summed E-state index contributed by atoms with van der Waals surface area (Å²) in [6.07, 6.45) is 2.03. The van der Waals surface area contributed by atoms with Crippen molar-refractivity contribution in [3.63, 3.8) is 0 Å². The Kier molecular flexibility index (Phi) is 3.72. The van der Waals surface area contributed by atoms with Gasteiger partial charge in [-0.15, -0.1) is 0 Å². The Hall–Kier alpha value is -1.28. The molecule has 1 unspecified atom stereocenters. The molecule has 0 aliphatic rings. The first kappa shape index (κ1) is 10.8. The van der Waals surface area contributed by atoms with Gasteiger partial charge in [0.05, 0.1) is 13.2 Å². The van der Waals surface area contributed by atoms with Gasteiger partial charge in [0.25, 0.3) is 0 Å². The number of hydrogen-bond donors (Lipinski definition) is 1. The molecule has 76 valence electrons. The monoisotopic (exact) mass is 191 g/mol. The Bertz CT molecular complexity index is 327. The second kappa shape index (κ2) is 4.82. The lowest BCUT2D eigenvalue weighted by Gasteiger charge is -2.12. The van der Waals surface area contributed by atoms with Gasteiger partial charge in [0, 0.05) is 5.56 Å². The summed E-state index contributed by atoms with van der Waals surface area (Å²) >= 11 is 0. The fraction of sp³-hybridized carbons (Fsp3) is 0.333. The van der Waals surface area contributed by atoms with Crippen LogP contribution in [0.2, 0.25) is 0 Å². The van der Waals surface area contributed by atoms with Crippen molar-refractivity contribution in [3.8, 4) is 5.75 Å². The minimum atomic E-state index is -0.0869. The first-order valence-electron chi connectivity index (χ1n) is 4.68. The first-order valence-corrected chi connectivity index (χ1v) is 4.68. The van der Waals surface area contributed by atoms with Crippen LogP contribution >= 0.6 is 0 Å². The van der Waals surface area contributed by atoms with Gasteiger partial charge in [0.1, 0.15) is 5.75 Å². The van der Waals surface area contributed by atoms with Gasteiger partial charge in [-0.2, -0.15) is 0 Å². The van der Waals surface area contributed by atoms with E-state index in [9.17, 15) is 0 Å². The smallest absolute Gasteiger partial charge is 0.123 e. The third-order valence-corrected chi connectivity index (χ3v) is 2.01. The average molecular weight is 191 g/mol. The third-order valence-electron chi connectivity index (χ3n) is 2.01. The van der Waals surface area contributed by atoms with Crippen molar-refractivity contribution in [2.45, 2.75) is 19.9 Å². The number of methoxy groups -OCH3 is 1. The fourth-order valence-corrected chi connectivity index (χ4v) is 1.39. The van der Waals surface area contributed by atoms with Gasteiger partial charge < -0.3 is 10.5 Å². The van der Waals surface area contributed by atoms with E-state index >= 15 is 0 Å². The van der Waals surface area contributed by atoms with Crippen LogP contribution in [-0.4, -0.2) is 7.11 Å². The second-order valence-electron chi connectivity index (χ2n) is 3.51. The molecule has 0 heterocycles. The predicted molar refractivity (Wildman–Crippen MR) is 59.4 cm³/mol. The van der Waals surface area contributed by atoms with Crippen LogP contribution in [0.5, 0.6) is 5.75 Å². The zero-order chi connectivity index (χ0) is 10.6. The van der Waals surface area contributed by atoms with Gasteiger partial charge in [-0.25, -0.2) is 0 Å². The van der Waals surface area contributed by atoms with Crippen molar-refractivity contribution in [2.24, 2.45) is 5.73 Å². The van der Waals surface area contributed by atoms with E-state index in [1.165, 1.54) is 5.57 Å². The van der Waals surface area contributed by atoms with Crippen LogP contribution in [0.15, 0.2) is 35.9 Å². The quantitative estimate of drug-likeness (QED) is 0.745. The normalized spacial score (nSPS) is 12.0. The van der Waals surface area contributed by atoms with Gasteiger partial charge in [-0.1, -0.05) is 29.8 Å². The lowest BCUT2D eigenvalue weighted by Crippen LogP contribution is -2.08. The molecule has 0 amide bonds. The molecule has 0 radical (unpaired) electrons. The molecule has 2 heteroatoms. The Morgan fingerprint density at radius 1 is 1.36 bits per heavy atom. The predicted octanol–water partition coefficient (Wildman–Crippen LogP) is 2.66. The Morgan fingerprint density at radius 2 is 2.00 bits per heavy atom. The molecule has 2 nitrogen and oxygen atoms in total. The summed E-state index contributed by atoms with van der Waals surface area (Å²) in [5.74, 6) is 0.845. The van der Waals surface area contributed by atoms with Crippen molar-refractivity contribution in [3.05, 3.63) is 41.5 Å². The Labute approximate surface area is 85.4 Å². The Balaban J connectivity index is 2.99. The molecule has 1 aromatic rings. The molecule has 0 spiro atoms. The number of allylic oxidation sites excluding steroid dienone is 1. The highest BCUT2D eigenvalue weighted by Crippen LogP contribution is 2.24. The molecule has 0 saturated heterocycles. The van der Waals surface area contributed by atoms with Crippen LogP contribution in [0.4, 0.5) is 0 Å². The number of ether oxygens (including phenoxy) is 1. The van der Waals surface area contributed by atoms with Crippen molar-refractivity contribution < 1.29 is 4.74 Å². The highest BCUT2D eigenvalue weighted by Gasteiger charge is 2.07. The number of benzene rings is 1. The van der Waals surface area contributed by atoms with E-state index < -0.39 is 0 Å². The van der Waals surface area contributed by atoms with Crippen LogP contribution in [0.1, 0.15) is 25.5 Å². The maximum absolute atomic E-state index is 6.02. The molecule has 0 aliphatic heterocycles. The molecular formula is C12H17NO. The summed E-state index contributed by atoms with van der Waals surface area (Å²) < 4.78 is 5.24. The van der Waals surface area contributed by atoms with Gasteiger partial charge in [-0.05, 0) is 19.9 Å². The Morgan fingerprint density at radius 3 is 2.57 bits per heavy atom. The van der Waals surface area contributed by atoms with Crippen molar-refractivity contribution in [2.75, 3.05) is 7.11 Å². The zero-order valence-electron chi connectivity index (χ0n) is 8.95. The van der Waals surface area contributed by atoms with E-state index in [0.29, 0.717) is 0 Å². The zero-order valence-corrected chi connectivity index (χ0v) is 8.95. The van der Waals surface area contributed by atoms with Crippen molar-refractivity contribution in [1.29, 1.82) is 0 Å². The molecule has 0 bridgehead atoms. The van der Waals surface area contributed by atoms with Crippen molar-refractivity contribution in [1.82, 2.24) is 0 Å². The van der Waals surface area contributed by atoms with E-state index in [1.54, 1.807) is 7.11 Å². The van der Waals surface area contributed by atoms with Crippen LogP contribution in [0.25, 0.3) is 0 Å². The maximum atomic E-state index is 6.02. The highest BCUT2D eigenvalue weighted by atomic mass is 16.5. The lowest BCUT2D eigenvalue weighted by molar-refractivity contribution is 0.408. The van der Waals surface area contributed by atoms with Crippen LogP contribution in [-0.2, 0) is 0 Å². The number of rotatable bonds is 3. The van der Waals surface area contributed by atoms with E-state index in [1.807, 2.05) is 44.2 Å². The molecule has 14 heavy (non-hydrogen) atoms. The first-order chi connectivity index (χ1) is 6.65. The van der Waals surface area contributed by atoms with Crippen LogP contribution in [0.3, 0.4) is 0 Å². The van der Waals surface area contributed by atoms with Crippen molar-refractivity contribution >= 4 is 0 Å². The van der Waals surface area contributed by atoms with Gasteiger partial charge in [0.15, 0.2) is 0 Å². The molecule has 1 rings (SSSR count). The summed E-state index contributed by atoms with van der Waals surface area (Å²) in [4.78, 5) is 0. The summed E-state index contributed by atoms with van der Waals surface area (Å²) in [5, 5.41) is 0. The summed E-state index contributed by atoms with van der Waals surface area (Å²) in [6.45, 7) is 4.07. The van der Waals surface area contributed by atoms with E-state index in [-0.39, 0.29) is 6.04 Å². The molecule has 0 saturated carbocycles. The average Bonchev–Trinajstić information content (AvgIpc) is 2.16. The van der Waals surface area contributed by atoms with E-state index in [2.05, 4.69) is 0 Å². The minimum Gasteiger partial charge on any atom is -0.496 e. The number of nitrogens with two attached hydrogens (primary N) is 1. The number of para-hydroxylation sites is 1. The van der Waals surface area contributed by atoms with Gasteiger partial charge in [-0.3, -0.25) is 0 Å². The lowest BCUT2D eigenvalue weighted by atomic mass is 10.0. The minimum absolute atomic E-state index is 0.0869. The van der Waals surface area contributed by atoms with Crippen LogP contribution < -0.4 is 10.5 Å². The molecule has 0 fully saturated rings. The molecule has 1 atom stereocenters. The highest BCUT2D eigenvalue weighted by molar-refractivity contribution is 5.37. The number of hydrogen-bond acceptors (Lipinski definition) is 2.